The Balaban J connectivity index is 0.00000968. The summed E-state index contributed by atoms with van der Waals surface area (Å²) in [5, 5.41) is 221. The number of hydrogen-bond acceptors (Lipinski definition) is 38. The van der Waals surface area contributed by atoms with Crippen molar-refractivity contribution in [2.75, 3.05) is 46.2 Å². The van der Waals surface area contributed by atoms with Gasteiger partial charge in [-0.15, -0.1) is 0 Å². The first-order valence-electron chi connectivity index (χ1n) is 25.3. The Morgan fingerprint density at radius 3 is 0.561 bits per heavy atom. The molecule has 0 unspecified atom stereocenters. The summed E-state index contributed by atoms with van der Waals surface area (Å²) in [6.07, 6.45) is -73.8. The van der Waals surface area contributed by atoms with Crippen molar-refractivity contribution >= 4 is 10.4 Å². The molecule has 0 amide bonds. The minimum atomic E-state index is -5.62. The van der Waals surface area contributed by atoms with E-state index < -0.39 is 272 Å². The van der Waals surface area contributed by atoms with Crippen LogP contribution in [0.3, 0.4) is 0 Å². The smallest absolute Gasteiger partial charge is 0.726 e. The minimum absolute atomic E-state index is 0. The Morgan fingerprint density at radius 2 is 0.415 bits per heavy atom. The average molecular weight is 1240 g/mol. The zero-order valence-corrected chi connectivity index (χ0v) is 45.7. The average Bonchev–Trinajstić information content (AvgIpc) is 3.57. The van der Waals surface area contributed by atoms with E-state index in [9.17, 15) is 115 Å². The fraction of sp³-hybridized carbons (Fsp3) is 1.00. The minimum Gasteiger partial charge on any atom is -0.726 e. The molecule has 35 atom stereocenters. The first-order valence-corrected chi connectivity index (χ1v) is 26.6. The third-order valence-electron chi connectivity index (χ3n) is 15.0. The van der Waals surface area contributed by atoms with Crippen LogP contribution in [0.2, 0.25) is 0 Å². The van der Waals surface area contributed by atoms with Gasteiger partial charge in [-0.3, -0.25) is 4.18 Å². The molecule has 0 radical (unpaired) electrons. The maximum Gasteiger partial charge on any atom is 1.00 e. The van der Waals surface area contributed by atoms with Gasteiger partial charge in [0.25, 0.3) is 0 Å². The van der Waals surface area contributed by atoms with Crippen molar-refractivity contribution in [3.63, 3.8) is 0 Å². The molecule has 21 fully saturated rings. The molecule has 21 heterocycles. The van der Waals surface area contributed by atoms with Gasteiger partial charge in [0.15, 0.2) is 44.0 Å². The first-order chi connectivity index (χ1) is 38.3. The molecule has 0 aromatic heterocycles. The van der Waals surface area contributed by atoms with Crippen molar-refractivity contribution in [1.29, 1.82) is 0 Å². The van der Waals surface area contributed by atoms with Gasteiger partial charge in [-0.25, -0.2) is 8.42 Å². The summed E-state index contributed by atoms with van der Waals surface area (Å²) in [5.74, 6) is 0. The van der Waals surface area contributed by atoms with Crippen LogP contribution in [0.5, 0.6) is 0 Å². The van der Waals surface area contributed by atoms with E-state index in [2.05, 4.69) is 4.18 Å². The summed E-state index contributed by atoms with van der Waals surface area (Å²) >= 11 is 0. The largest absolute Gasteiger partial charge is 1.00 e. The third kappa shape index (κ3) is 14.2. The topological polar surface area (TPSA) is 600 Å². The van der Waals surface area contributed by atoms with E-state index in [1.807, 2.05) is 0 Å². The normalized spacial score (nSPS) is 52.8. The molecular weight excluding hydrogens is 1170 g/mol. The van der Waals surface area contributed by atoms with Crippen LogP contribution < -0.4 is 29.6 Å². The maximum atomic E-state index is 11.6. The molecule has 38 nitrogen and oxygen atoms in total. The Hall–Kier alpha value is -0.490. The zero-order valence-electron chi connectivity index (χ0n) is 42.9. The van der Waals surface area contributed by atoms with Gasteiger partial charge in [-0.05, 0) is 0 Å². The SMILES string of the molecule is O=S(=O)([O-])OC[C@H]1O[C@@H]2O[C@H]3[C@H](O)[C@@H](O)[C@@H](O[C@H]4[C@H](O)[C@@H](O)[C@@H](O[C@H]5[C@H](O)[C@@H](O)[C@@H](O[C@H]6[C@H](O)[C@@H](O)[C@@H](O[C@H]7[C@H](O)[C@@H](O)[C@@H](O[C@H]8[C@H](O)[C@@H](O)[C@@H](O[C@H]1[C@H](O)[C@H]2O)O[C@@H]8CO)O[C@@H]7CO)O[C@@H]6CO)O[C@@H]5CO)O[C@@H]4CO)O[C@@H]3CO.[Na+]. The fourth-order valence-electron chi connectivity index (χ4n) is 10.6. The van der Waals surface area contributed by atoms with E-state index in [1.165, 1.54) is 0 Å². The maximum absolute atomic E-state index is 11.6. The van der Waals surface area contributed by atoms with Gasteiger partial charge in [-0.2, -0.15) is 0 Å². The van der Waals surface area contributed by atoms with Gasteiger partial charge in [0.1, 0.15) is 171 Å². The van der Waals surface area contributed by atoms with E-state index in [4.69, 9.17) is 66.3 Å². The molecule has 0 aliphatic carbocycles. The molecule has 0 saturated carbocycles. The second-order valence-electron chi connectivity index (χ2n) is 20.2. The second kappa shape index (κ2) is 29.0. The summed E-state index contributed by atoms with van der Waals surface area (Å²) in [7, 11) is -5.62. The van der Waals surface area contributed by atoms with Gasteiger partial charge in [0.2, 0.25) is 10.4 Å². The van der Waals surface area contributed by atoms with Crippen molar-refractivity contribution in [2.45, 2.75) is 215 Å². The van der Waals surface area contributed by atoms with Crippen LogP contribution in [0.15, 0.2) is 0 Å². The van der Waals surface area contributed by atoms with Crippen molar-refractivity contribution in [3.05, 3.63) is 0 Å². The van der Waals surface area contributed by atoms with Crippen LogP contribution >= 0.6 is 0 Å². The summed E-state index contributed by atoms with van der Waals surface area (Å²) in [6, 6.07) is 0. The Bertz CT molecular complexity index is 2080. The van der Waals surface area contributed by atoms with Crippen molar-refractivity contribution < 1.29 is 215 Å². The molecule has 21 rings (SSSR count). The zero-order chi connectivity index (χ0) is 59.3. The van der Waals surface area contributed by atoms with Crippen LogP contribution in [0.1, 0.15) is 0 Å². The Labute approximate surface area is 484 Å². The molecule has 0 spiro atoms. The Kier molecular flexibility index (Phi) is 24.4. The van der Waals surface area contributed by atoms with Gasteiger partial charge >= 0.3 is 29.6 Å². The molecule has 21 aliphatic rings. The van der Waals surface area contributed by atoms with E-state index in [0.29, 0.717) is 0 Å². The molecule has 21 saturated heterocycles. The van der Waals surface area contributed by atoms with Gasteiger partial charge in [0, 0.05) is 0 Å². The molecule has 0 aromatic carbocycles. The predicted octanol–water partition coefficient (Wildman–Crippen LogP) is -18.7. The summed E-state index contributed by atoms with van der Waals surface area (Å²) < 4.78 is 118. The van der Waals surface area contributed by atoms with E-state index in [0.717, 1.165) is 0 Å². The second-order valence-corrected chi connectivity index (χ2v) is 21.2. The number of rotatable bonds is 9. The Morgan fingerprint density at radius 1 is 0.268 bits per heavy atom. The van der Waals surface area contributed by atoms with Crippen LogP contribution in [-0.4, -0.2) is 376 Å². The molecule has 14 bridgehead atoms. The van der Waals surface area contributed by atoms with Crippen molar-refractivity contribution in [3.8, 4) is 0 Å². The van der Waals surface area contributed by atoms with E-state index >= 15 is 0 Å². The molecule has 82 heavy (non-hydrogen) atoms. The van der Waals surface area contributed by atoms with Crippen LogP contribution in [0.25, 0.3) is 0 Å². The van der Waals surface area contributed by atoms with Crippen molar-refractivity contribution in [1.82, 2.24) is 0 Å². The van der Waals surface area contributed by atoms with Gasteiger partial charge in [-0.1, -0.05) is 0 Å². The standard InChI is InChI=1S/C42H70O38S.Na/c43-1-8-29-16(50)23(57)37(68-8)76-31-10(3-45)70-39(25(59)18(31)52)78-33-12(5-47)72-41(27(61)20(33)54)80-35-14(7-66-81(63,64)65)73-42(28(62)21(35)55)79-34-13(6-48)71-40(26(60)19(34)53)77-32-11(4-46)69-38(24(58)17(32)51)75-30-9(2-44)67-36(74-29)22(56)15(30)49;/h8-62H,1-7H2,(H,63,64,65);/q;+1/p-1/t8-,9-,10-,11-,12-,13-,14-,15-,16-,17-,18-,19-,20-,21-,22-,23-,24-,25-,26-,27-,28-,29-,30-,31-,32-,33-,34-,35-,36-,37-,38-,39-,40-,41-,42-;/m1./s1. The molecule has 20 N–H and O–H groups in total. The molecule has 472 valence electrons. The number of ether oxygens (including phenoxy) is 14. The molecule has 0 aromatic rings. The number of aliphatic hydroxyl groups is 20. The summed E-state index contributed by atoms with van der Waals surface area (Å²) in [4.78, 5) is 0. The third-order valence-corrected chi connectivity index (χ3v) is 15.4. The molecule has 40 heteroatoms. The van der Waals surface area contributed by atoms with Gasteiger partial charge in [0.05, 0.1) is 46.2 Å². The predicted molar refractivity (Wildman–Crippen MR) is 237 cm³/mol. The monoisotopic (exact) mass is 1240 g/mol. The summed E-state index contributed by atoms with van der Waals surface area (Å²) in [5.41, 5.74) is 0. The fourth-order valence-corrected chi connectivity index (χ4v) is 10.9. The molecule has 21 aliphatic heterocycles. The van der Waals surface area contributed by atoms with Crippen LogP contribution in [-0.2, 0) is 80.9 Å². The first kappa shape index (κ1) is 69.0. The summed E-state index contributed by atoms with van der Waals surface area (Å²) in [6.45, 7) is -8.02. The quantitative estimate of drug-likeness (QED) is 0.0579. The number of aliphatic hydroxyl groups excluding tert-OH is 20. The molecular formula is C42H69NaO38S. The van der Waals surface area contributed by atoms with Crippen LogP contribution in [0, 0.1) is 0 Å². The van der Waals surface area contributed by atoms with Crippen molar-refractivity contribution in [2.24, 2.45) is 0 Å². The van der Waals surface area contributed by atoms with Crippen LogP contribution in [0.4, 0.5) is 0 Å². The van der Waals surface area contributed by atoms with Gasteiger partial charge < -0.3 is 173 Å². The van der Waals surface area contributed by atoms with E-state index in [1.54, 1.807) is 0 Å². The number of hydrogen-bond donors (Lipinski definition) is 20. The van der Waals surface area contributed by atoms with E-state index in [-0.39, 0.29) is 29.6 Å².